The molecular formula is C25H31N3O5S. The number of thiophene rings is 1. The lowest BCUT2D eigenvalue weighted by Gasteiger charge is -2.27. The van der Waals surface area contributed by atoms with E-state index in [1.54, 1.807) is 6.92 Å². The Balaban J connectivity index is 1.84. The van der Waals surface area contributed by atoms with Crippen molar-refractivity contribution in [1.82, 2.24) is 10.2 Å². The number of carbonyl (C=O) groups is 4. The van der Waals surface area contributed by atoms with E-state index in [4.69, 9.17) is 4.74 Å². The molecule has 8 nitrogen and oxygen atoms in total. The summed E-state index contributed by atoms with van der Waals surface area (Å²) in [6.07, 6.45) is 2.72. The summed E-state index contributed by atoms with van der Waals surface area (Å²) in [6, 6.07) is 8.49. The van der Waals surface area contributed by atoms with Gasteiger partial charge in [0.25, 0.3) is 5.91 Å². The minimum absolute atomic E-state index is 0.213. The van der Waals surface area contributed by atoms with E-state index in [2.05, 4.69) is 10.6 Å². The Bertz CT molecular complexity index is 1080. The Morgan fingerprint density at radius 1 is 1.15 bits per heavy atom. The number of rotatable bonds is 10. The number of nitrogens with zero attached hydrogens (tertiary/aromatic N) is 1. The number of unbranched alkanes of at least 4 members (excludes halogenated alkanes) is 1. The standard InChI is InChI=1S/C25H31N3O5S/c1-5-8-14-25(17-12-10-9-11-13-17)23(31)28(24(32)27-25)15-19(29)26-21-20(22(30)33-7-3)16(4)18(6-2)34-21/h9-13H,5-8,14-15H2,1-4H3,(H,26,29)(H,27,32). The average Bonchev–Trinajstić information content (AvgIpc) is 3.26. The molecule has 0 aliphatic carbocycles. The number of nitrogens with one attached hydrogen (secondary N) is 2. The lowest BCUT2D eigenvalue weighted by atomic mass is 9.85. The second-order valence-electron chi connectivity index (χ2n) is 8.17. The molecule has 0 bridgehead atoms. The van der Waals surface area contributed by atoms with Crippen molar-refractivity contribution in [2.75, 3.05) is 18.5 Å². The van der Waals surface area contributed by atoms with Gasteiger partial charge in [-0.15, -0.1) is 11.3 Å². The van der Waals surface area contributed by atoms with Crippen molar-refractivity contribution in [1.29, 1.82) is 0 Å². The first-order valence-electron chi connectivity index (χ1n) is 11.6. The van der Waals surface area contributed by atoms with Crippen LogP contribution in [0.25, 0.3) is 0 Å². The van der Waals surface area contributed by atoms with Gasteiger partial charge in [-0.1, -0.05) is 57.0 Å². The molecule has 3 rings (SSSR count). The summed E-state index contributed by atoms with van der Waals surface area (Å²) in [5, 5.41) is 5.94. The predicted molar refractivity (Wildman–Crippen MR) is 131 cm³/mol. The first-order chi connectivity index (χ1) is 16.3. The highest BCUT2D eigenvalue weighted by molar-refractivity contribution is 7.17. The normalized spacial score (nSPS) is 17.6. The van der Waals surface area contributed by atoms with Gasteiger partial charge in [0, 0.05) is 4.88 Å². The maximum absolute atomic E-state index is 13.5. The molecule has 4 amide bonds. The summed E-state index contributed by atoms with van der Waals surface area (Å²) in [6.45, 7) is 7.27. The van der Waals surface area contributed by atoms with Crippen LogP contribution in [0, 0.1) is 6.92 Å². The van der Waals surface area contributed by atoms with Crippen LogP contribution in [0.1, 0.15) is 66.4 Å². The lowest BCUT2D eigenvalue weighted by Crippen LogP contribution is -2.44. The van der Waals surface area contributed by atoms with E-state index in [1.807, 2.05) is 51.1 Å². The van der Waals surface area contributed by atoms with Crippen LogP contribution in [0.3, 0.4) is 0 Å². The first kappa shape index (κ1) is 25.4. The third kappa shape index (κ3) is 4.84. The fraction of sp³-hybridized carbons (Fsp3) is 0.440. The van der Waals surface area contributed by atoms with Crippen molar-refractivity contribution in [3.63, 3.8) is 0 Å². The third-order valence-corrected chi connectivity index (χ3v) is 7.30. The van der Waals surface area contributed by atoms with Crippen molar-refractivity contribution in [3.8, 4) is 0 Å². The zero-order valence-electron chi connectivity index (χ0n) is 20.0. The van der Waals surface area contributed by atoms with Crippen molar-refractivity contribution in [2.45, 2.75) is 58.9 Å². The fourth-order valence-corrected chi connectivity index (χ4v) is 5.34. The molecule has 1 aliphatic heterocycles. The molecule has 182 valence electrons. The number of carbonyl (C=O) groups excluding carboxylic acids is 4. The summed E-state index contributed by atoms with van der Waals surface area (Å²) < 4.78 is 5.16. The smallest absolute Gasteiger partial charge is 0.341 e. The number of urea groups is 1. The number of imide groups is 1. The molecule has 1 fully saturated rings. The zero-order valence-corrected chi connectivity index (χ0v) is 20.8. The molecule has 2 N–H and O–H groups in total. The number of amides is 4. The molecule has 0 radical (unpaired) electrons. The average molecular weight is 486 g/mol. The largest absolute Gasteiger partial charge is 0.462 e. The molecule has 2 heterocycles. The van der Waals surface area contributed by atoms with Crippen LogP contribution in [0.5, 0.6) is 0 Å². The summed E-state index contributed by atoms with van der Waals surface area (Å²) in [5.41, 5.74) is 0.574. The van der Waals surface area contributed by atoms with E-state index in [1.165, 1.54) is 11.3 Å². The van der Waals surface area contributed by atoms with Crippen molar-refractivity contribution < 1.29 is 23.9 Å². The molecule has 0 spiro atoms. The van der Waals surface area contributed by atoms with Gasteiger partial charge in [-0.3, -0.25) is 14.5 Å². The van der Waals surface area contributed by atoms with Crippen LogP contribution >= 0.6 is 11.3 Å². The number of ether oxygens (including phenoxy) is 1. The Morgan fingerprint density at radius 2 is 1.85 bits per heavy atom. The van der Waals surface area contributed by atoms with Crippen LogP contribution in [-0.4, -0.2) is 41.9 Å². The number of anilines is 1. The Hall–Kier alpha value is -3.20. The van der Waals surface area contributed by atoms with E-state index in [0.717, 1.165) is 28.2 Å². The van der Waals surface area contributed by atoms with Gasteiger partial charge in [-0.05, 0) is 37.8 Å². The van der Waals surface area contributed by atoms with Gasteiger partial charge in [-0.25, -0.2) is 9.59 Å². The van der Waals surface area contributed by atoms with Gasteiger partial charge < -0.3 is 15.4 Å². The van der Waals surface area contributed by atoms with Gasteiger partial charge in [0.05, 0.1) is 12.2 Å². The summed E-state index contributed by atoms with van der Waals surface area (Å²) >= 11 is 1.30. The summed E-state index contributed by atoms with van der Waals surface area (Å²) in [5.74, 6) is -1.52. The Kier molecular flexibility index (Phi) is 8.09. The Labute approximate surface area is 203 Å². The highest BCUT2D eigenvalue weighted by atomic mass is 32.1. The highest BCUT2D eigenvalue weighted by Gasteiger charge is 2.52. The van der Waals surface area contributed by atoms with E-state index >= 15 is 0 Å². The Morgan fingerprint density at radius 3 is 2.47 bits per heavy atom. The SMILES string of the molecule is CCCCC1(c2ccccc2)NC(=O)N(CC(=O)Nc2sc(CC)c(C)c2C(=O)OCC)C1=O. The lowest BCUT2D eigenvalue weighted by molar-refractivity contribution is -0.134. The minimum atomic E-state index is -1.19. The van der Waals surface area contributed by atoms with E-state index in [-0.39, 0.29) is 6.61 Å². The first-order valence-corrected chi connectivity index (χ1v) is 12.4. The maximum atomic E-state index is 13.5. The topological polar surface area (TPSA) is 105 Å². The molecule has 1 unspecified atom stereocenters. The summed E-state index contributed by atoms with van der Waals surface area (Å²) in [4.78, 5) is 53.6. The third-order valence-electron chi connectivity index (χ3n) is 5.95. The van der Waals surface area contributed by atoms with Gasteiger partial charge in [0.2, 0.25) is 5.91 Å². The number of esters is 1. The van der Waals surface area contributed by atoms with Crippen molar-refractivity contribution >= 4 is 40.2 Å². The van der Waals surface area contributed by atoms with Gasteiger partial charge >= 0.3 is 12.0 Å². The minimum Gasteiger partial charge on any atom is -0.462 e. The molecule has 1 aliphatic rings. The van der Waals surface area contributed by atoms with Crippen LogP contribution in [0.4, 0.5) is 9.80 Å². The molecule has 2 aromatic rings. The van der Waals surface area contributed by atoms with Crippen LogP contribution in [0.2, 0.25) is 0 Å². The summed E-state index contributed by atoms with van der Waals surface area (Å²) in [7, 11) is 0. The maximum Gasteiger partial charge on any atom is 0.341 e. The number of aryl methyl sites for hydroxylation is 1. The van der Waals surface area contributed by atoms with Gasteiger partial charge in [0.1, 0.15) is 17.1 Å². The van der Waals surface area contributed by atoms with Crippen LogP contribution < -0.4 is 10.6 Å². The second-order valence-corrected chi connectivity index (χ2v) is 9.28. The molecule has 1 atom stereocenters. The number of hydrogen-bond donors (Lipinski definition) is 2. The predicted octanol–water partition coefficient (Wildman–Crippen LogP) is 4.37. The van der Waals surface area contributed by atoms with E-state index < -0.39 is 35.9 Å². The van der Waals surface area contributed by atoms with Crippen LogP contribution in [-0.2, 0) is 26.3 Å². The van der Waals surface area contributed by atoms with Gasteiger partial charge in [-0.2, -0.15) is 0 Å². The number of benzene rings is 1. The van der Waals surface area contributed by atoms with E-state index in [0.29, 0.717) is 29.0 Å². The molecule has 1 aromatic carbocycles. The van der Waals surface area contributed by atoms with E-state index in [9.17, 15) is 19.2 Å². The molecule has 0 saturated carbocycles. The number of hydrogen-bond acceptors (Lipinski definition) is 6. The molecule has 1 saturated heterocycles. The van der Waals surface area contributed by atoms with Crippen molar-refractivity contribution in [2.24, 2.45) is 0 Å². The van der Waals surface area contributed by atoms with Crippen LogP contribution in [0.15, 0.2) is 30.3 Å². The highest BCUT2D eigenvalue weighted by Crippen LogP contribution is 2.36. The van der Waals surface area contributed by atoms with Gasteiger partial charge in [0.15, 0.2) is 0 Å². The molecule has 1 aromatic heterocycles. The molecular weight excluding hydrogens is 454 g/mol. The van der Waals surface area contributed by atoms with Crippen molar-refractivity contribution in [3.05, 3.63) is 51.9 Å². The monoisotopic (exact) mass is 485 g/mol. The quantitative estimate of drug-likeness (QED) is 0.384. The molecule has 34 heavy (non-hydrogen) atoms. The fourth-order valence-electron chi connectivity index (χ4n) is 4.19. The second kappa shape index (κ2) is 10.8. The molecule has 9 heteroatoms. The zero-order chi connectivity index (χ0) is 24.9.